The fourth-order valence-corrected chi connectivity index (χ4v) is 2.78. The average molecular weight is 322 g/mol. The summed E-state index contributed by atoms with van der Waals surface area (Å²) in [5.74, 6) is -0.0570. The topological polar surface area (TPSA) is 25.4 Å². The van der Waals surface area contributed by atoms with Crippen molar-refractivity contribution in [3.8, 4) is 17.0 Å². The third-order valence-corrected chi connectivity index (χ3v) is 4.44. The van der Waals surface area contributed by atoms with Crippen LogP contribution in [0.1, 0.15) is 25.8 Å². The summed E-state index contributed by atoms with van der Waals surface area (Å²) in [7, 11) is 3.91. The lowest BCUT2D eigenvalue weighted by molar-refractivity contribution is 0.252. The maximum atomic E-state index is 14.1. The Kier molecular flexibility index (Phi) is 5.19. The van der Waals surface area contributed by atoms with Gasteiger partial charge in [-0.05, 0) is 32.3 Å². The molecule has 0 saturated carbocycles. The Morgan fingerprint density at radius 2 is 2.00 bits per heavy atom. The molecule has 0 N–H and O–H groups in total. The van der Waals surface area contributed by atoms with E-state index in [1.807, 2.05) is 30.4 Å². The number of likely N-dealkylation sites (N-methyl/N-ethyl adjacent to an activating group) is 1. The Balaban J connectivity index is 2.13. The van der Waals surface area contributed by atoms with Gasteiger partial charge in [-0.1, -0.05) is 20.8 Å². The van der Waals surface area contributed by atoms with E-state index in [-0.39, 0.29) is 17.0 Å². The van der Waals surface area contributed by atoms with Crippen molar-refractivity contribution in [2.75, 3.05) is 27.2 Å². The fourth-order valence-electron chi connectivity index (χ4n) is 1.87. The molecule has 5 heteroatoms. The van der Waals surface area contributed by atoms with Crippen molar-refractivity contribution < 1.29 is 9.13 Å². The van der Waals surface area contributed by atoms with E-state index >= 15 is 0 Å². The molecule has 0 aliphatic heterocycles. The van der Waals surface area contributed by atoms with Crippen LogP contribution in [0.2, 0.25) is 0 Å². The van der Waals surface area contributed by atoms with Crippen molar-refractivity contribution >= 4 is 11.3 Å². The molecule has 2 aromatic rings. The molecule has 0 unspecified atom stereocenters. The molecular formula is C17H23FN2OS. The SMILES string of the molecule is CN(C)CCOc1ccc(-c2csc(C(C)(C)C)n2)cc1F. The first-order valence-electron chi connectivity index (χ1n) is 7.31. The monoisotopic (exact) mass is 322 g/mol. The van der Waals surface area contributed by atoms with Gasteiger partial charge in [-0.2, -0.15) is 0 Å². The molecule has 1 heterocycles. The van der Waals surface area contributed by atoms with E-state index in [1.54, 1.807) is 17.4 Å². The number of hydrogen-bond donors (Lipinski definition) is 0. The summed E-state index contributed by atoms with van der Waals surface area (Å²) < 4.78 is 19.6. The molecule has 22 heavy (non-hydrogen) atoms. The van der Waals surface area contributed by atoms with Crippen LogP contribution in [0.3, 0.4) is 0 Å². The molecule has 120 valence electrons. The van der Waals surface area contributed by atoms with Crippen LogP contribution in [-0.4, -0.2) is 37.1 Å². The lowest BCUT2D eigenvalue weighted by Crippen LogP contribution is -2.19. The van der Waals surface area contributed by atoms with Gasteiger partial charge in [-0.3, -0.25) is 0 Å². The quantitative estimate of drug-likeness (QED) is 0.825. The van der Waals surface area contributed by atoms with E-state index in [9.17, 15) is 4.39 Å². The summed E-state index contributed by atoms with van der Waals surface area (Å²) in [5, 5.41) is 3.02. The molecule has 0 saturated heterocycles. The fraction of sp³-hybridized carbons (Fsp3) is 0.471. The van der Waals surface area contributed by atoms with Gasteiger partial charge < -0.3 is 9.64 Å². The molecular weight excluding hydrogens is 299 g/mol. The van der Waals surface area contributed by atoms with Crippen molar-refractivity contribution in [2.45, 2.75) is 26.2 Å². The van der Waals surface area contributed by atoms with Gasteiger partial charge in [0, 0.05) is 22.9 Å². The highest BCUT2D eigenvalue weighted by Crippen LogP contribution is 2.31. The van der Waals surface area contributed by atoms with Gasteiger partial charge in [-0.25, -0.2) is 9.37 Å². The highest BCUT2D eigenvalue weighted by molar-refractivity contribution is 7.10. The Morgan fingerprint density at radius 1 is 1.27 bits per heavy atom. The van der Waals surface area contributed by atoms with Crippen LogP contribution in [0.5, 0.6) is 5.75 Å². The molecule has 1 aromatic carbocycles. The van der Waals surface area contributed by atoms with Crippen LogP contribution < -0.4 is 4.74 Å². The minimum absolute atomic E-state index is 0.0106. The first-order chi connectivity index (χ1) is 10.3. The zero-order chi connectivity index (χ0) is 16.3. The maximum Gasteiger partial charge on any atom is 0.165 e. The van der Waals surface area contributed by atoms with Gasteiger partial charge in [0.15, 0.2) is 11.6 Å². The summed E-state index contributed by atoms with van der Waals surface area (Å²) in [6.45, 7) is 7.59. The van der Waals surface area contributed by atoms with Gasteiger partial charge >= 0.3 is 0 Å². The number of aromatic nitrogens is 1. The third kappa shape index (κ3) is 4.27. The van der Waals surface area contributed by atoms with Crippen LogP contribution >= 0.6 is 11.3 Å². The molecule has 3 nitrogen and oxygen atoms in total. The Morgan fingerprint density at radius 3 is 2.55 bits per heavy atom. The zero-order valence-corrected chi connectivity index (χ0v) is 14.6. The second-order valence-corrected chi connectivity index (χ2v) is 7.44. The highest BCUT2D eigenvalue weighted by atomic mass is 32.1. The van der Waals surface area contributed by atoms with E-state index in [1.165, 1.54) is 6.07 Å². The van der Waals surface area contributed by atoms with Gasteiger partial charge in [0.1, 0.15) is 6.61 Å². The molecule has 0 bridgehead atoms. The lowest BCUT2D eigenvalue weighted by Gasteiger charge is -2.13. The van der Waals surface area contributed by atoms with E-state index in [4.69, 9.17) is 4.74 Å². The minimum atomic E-state index is -0.346. The molecule has 0 atom stereocenters. The Labute approximate surface area is 135 Å². The number of benzene rings is 1. The van der Waals surface area contributed by atoms with Crippen molar-refractivity contribution in [3.63, 3.8) is 0 Å². The second-order valence-electron chi connectivity index (χ2n) is 6.58. The van der Waals surface area contributed by atoms with Crippen LogP contribution in [0.4, 0.5) is 4.39 Å². The van der Waals surface area contributed by atoms with Crippen molar-refractivity contribution in [1.82, 2.24) is 9.88 Å². The van der Waals surface area contributed by atoms with Crippen molar-refractivity contribution in [2.24, 2.45) is 0 Å². The number of ether oxygens (including phenoxy) is 1. The molecule has 0 radical (unpaired) electrons. The largest absolute Gasteiger partial charge is 0.489 e. The number of thiazole rings is 1. The highest BCUT2D eigenvalue weighted by Gasteiger charge is 2.18. The first-order valence-corrected chi connectivity index (χ1v) is 8.19. The van der Waals surface area contributed by atoms with Gasteiger partial charge in [0.25, 0.3) is 0 Å². The van der Waals surface area contributed by atoms with Crippen LogP contribution in [0, 0.1) is 5.82 Å². The van der Waals surface area contributed by atoms with Crippen molar-refractivity contribution in [3.05, 3.63) is 34.4 Å². The number of halogens is 1. The van der Waals surface area contributed by atoms with Gasteiger partial charge in [0.2, 0.25) is 0 Å². The predicted molar refractivity (Wildman–Crippen MR) is 90.3 cm³/mol. The normalized spacial score (nSPS) is 12.0. The Bertz CT molecular complexity index is 632. The summed E-state index contributed by atoms with van der Waals surface area (Å²) >= 11 is 1.61. The minimum Gasteiger partial charge on any atom is -0.489 e. The zero-order valence-electron chi connectivity index (χ0n) is 13.8. The molecule has 1 aromatic heterocycles. The van der Waals surface area contributed by atoms with E-state index in [0.717, 1.165) is 22.8 Å². The van der Waals surface area contributed by atoms with Crippen LogP contribution in [0.15, 0.2) is 23.6 Å². The average Bonchev–Trinajstić information content (AvgIpc) is 2.89. The van der Waals surface area contributed by atoms with E-state index < -0.39 is 0 Å². The van der Waals surface area contributed by atoms with E-state index in [2.05, 4.69) is 25.8 Å². The van der Waals surface area contributed by atoms with E-state index in [0.29, 0.717) is 6.61 Å². The standard InChI is InChI=1S/C17H23FN2OS/c1-17(2,3)16-19-14(11-22-16)12-6-7-15(13(18)10-12)21-9-8-20(4)5/h6-7,10-11H,8-9H2,1-5H3. The van der Waals surface area contributed by atoms with Crippen LogP contribution in [0.25, 0.3) is 11.3 Å². The third-order valence-electron chi connectivity index (χ3n) is 3.17. The lowest BCUT2D eigenvalue weighted by atomic mass is 9.98. The number of hydrogen-bond acceptors (Lipinski definition) is 4. The Hall–Kier alpha value is -1.46. The van der Waals surface area contributed by atoms with Crippen LogP contribution in [-0.2, 0) is 5.41 Å². The first kappa shape index (κ1) is 16.9. The van der Waals surface area contributed by atoms with Gasteiger partial charge in [0.05, 0.1) is 10.7 Å². The molecule has 0 amide bonds. The molecule has 0 aliphatic rings. The molecule has 0 fully saturated rings. The summed E-state index contributed by atoms with van der Waals surface area (Å²) in [4.78, 5) is 6.61. The van der Waals surface area contributed by atoms with Crippen molar-refractivity contribution in [1.29, 1.82) is 0 Å². The van der Waals surface area contributed by atoms with Gasteiger partial charge in [-0.15, -0.1) is 11.3 Å². The summed E-state index contributed by atoms with van der Waals surface area (Å²) in [6.07, 6.45) is 0. The summed E-state index contributed by atoms with van der Waals surface area (Å²) in [5.41, 5.74) is 1.61. The smallest absolute Gasteiger partial charge is 0.165 e. The molecule has 0 aliphatic carbocycles. The summed E-state index contributed by atoms with van der Waals surface area (Å²) in [6, 6.07) is 5.03. The number of nitrogens with zero attached hydrogens (tertiary/aromatic N) is 2. The maximum absolute atomic E-state index is 14.1. The molecule has 2 rings (SSSR count). The second kappa shape index (κ2) is 6.75. The number of rotatable bonds is 5. The molecule has 0 spiro atoms. The predicted octanol–water partition coefficient (Wildman–Crippen LogP) is 4.19.